The summed E-state index contributed by atoms with van der Waals surface area (Å²) in [5.41, 5.74) is 0.764. The lowest BCUT2D eigenvalue weighted by molar-refractivity contribution is 0.143. The summed E-state index contributed by atoms with van der Waals surface area (Å²) in [5.74, 6) is -0.486. The highest BCUT2D eigenvalue weighted by Crippen LogP contribution is 2.28. The Bertz CT molecular complexity index is 893. The summed E-state index contributed by atoms with van der Waals surface area (Å²) >= 11 is 10.4. The van der Waals surface area contributed by atoms with Crippen LogP contribution in [0.25, 0.3) is 0 Å². The highest BCUT2D eigenvalue weighted by Gasteiger charge is 2.33. The minimum Gasteiger partial charge on any atom is -0.442 e. The molecular formula is C17H22ClFN4O4S2. The first-order valence-corrected chi connectivity index (χ1v) is 11.6. The maximum Gasteiger partial charge on any atom is 0.414 e. The molecule has 8 nitrogen and oxygen atoms in total. The molecule has 0 spiro atoms. The van der Waals surface area contributed by atoms with E-state index in [0.717, 1.165) is 0 Å². The van der Waals surface area contributed by atoms with Crippen LogP contribution in [-0.4, -0.2) is 74.4 Å². The second-order valence-corrected chi connectivity index (χ2v) is 9.96. The third-order valence-electron chi connectivity index (χ3n) is 4.81. The van der Waals surface area contributed by atoms with Gasteiger partial charge in [0.05, 0.1) is 29.5 Å². The Morgan fingerprint density at radius 3 is 2.62 bits per heavy atom. The van der Waals surface area contributed by atoms with E-state index in [4.69, 9.17) is 28.6 Å². The van der Waals surface area contributed by atoms with Crippen LogP contribution >= 0.6 is 23.8 Å². The summed E-state index contributed by atoms with van der Waals surface area (Å²) in [4.78, 5) is 15.9. The third kappa shape index (κ3) is 5.08. The van der Waals surface area contributed by atoms with Gasteiger partial charge in [-0.25, -0.2) is 17.6 Å². The number of hydrogen-bond acceptors (Lipinski definition) is 6. The number of cyclic esters (lactones) is 1. The van der Waals surface area contributed by atoms with Gasteiger partial charge in [0.15, 0.2) is 0 Å². The number of anilines is 2. The molecule has 0 bridgehead atoms. The zero-order valence-electron chi connectivity index (χ0n) is 15.8. The molecule has 1 aromatic carbocycles. The molecular weight excluding hydrogens is 443 g/mol. The predicted molar refractivity (Wildman–Crippen MR) is 114 cm³/mol. The standard InChI is InChI=1S/C17H22ClFN4O4S2/c1-12(28)20-9-14-10-23(17(24)27-14)13-2-3-16(15(19)8-13)21-4-6-22(7-5-21)29(25,26)11-18/h2-3,8,14H,4-7,9-11H2,1H3,(H,20,28). The summed E-state index contributed by atoms with van der Waals surface area (Å²) in [6.45, 7) is 3.61. The molecule has 1 atom stereocenters. The summed E-state index contributed by atoms with van der Waals surface area (Å²) in [6.07, 6.45) is -0.911. The van der Waals surface area contributed by atoms with E-state index in [0.29, 0.717) is 42.5 Å². The molecule has 2 aliphatic heterocycles. The van der Waals surface area contributed by atoms with Gasteiger partial charge in [0.25, 0.3) is 0 Å². The fraction of sp³-hybridized carbons (Fsp3) is 0.529. The highest BCUT2D eigenvalue weighted by molar-refractivity contribution is 7.90. The van der Waals surface area contributed by atoms with E-state index < -0.39 is 27.1 Å². The maximum atomic E-state index is 14.8. The summed E-state index contributed by atoms with van der Waals surface area (Å²) < 4.78 is 45.0. The molecule has 29 heavy (non-hydrogen) atoms. The van der Waals surface area contributed by atoms with Crippen molar-refractivity contribution in [3.63, 3.8) is 0 Å². The molecule has 1 amide bonds. The molecule has 0 aliphatic carbocycles. The fourth-order valence-corrected chi connectivity index (χ4v) is 4.65. The largest absolute Gasteiger partial charge is 0.442 e. The van der Waals surface area contributed by atoms with Gasteiger partial charge in [-0.2, -0.15) is 4.31 Å². The summed E-state index contributed by atoms with van der Waals surface area (Å²) in [5, 5.41) is 2.48. The van der Waals surface area contributed by atoms with Crippen molar-refractivity contribution >= 4 is 56.3 Å². The molecule has 12 heteroatoms. The summed E-state index contributed by atoms with van der Waals surface area (Å²) in [6, 6.07) is 4.54. The first kappa shape index (κ1) is 22.0. The lowest BCUT2D eigenvalue weighted by Gasteiger charge is -2.35. The normalized spacial score (nSPS) is 20.7. The van der Waals surface area contributed by atoms with Crippen LogP contribution in [0.1, 0.15) is 6.92 Å². The smallest absolute Gasteiger partial charge is 0.414 e. The van der Waals surface area contributed by atoms with E-state index in [1.165, 1.54) is 15.3 Å². The number of ether oxygens (including phenoxy) is 1. The van der Waals surface area contributed by atoms with Crippen molar-refractivity contribution in [3.05, 3.63) is 24.0 Å². The van der Waals surface area contributed by atoms with Crippen molar-refractivity contribution in [2.75, 3.05) is 54.3 Å². The third-order valence-corrected chi connectivity index (χ3v) is 7.21. The van der Waals surface area contributed by atoms with Crippen molar-refractivity contribution in [2.45, 2.75) is 13.0 Å². The van der Waals surface area contributed by atoms with Crippen molar-refractivity contribution in [3.8, 4) is 0 Å². The van der Waals surface area contributed by atoms with E-state index in [-0.39, 0.29) is 19.2 Å². The monoisotopic (exact) mass is 464 g/mol. The fourth-order valence-electron chi connectivity index (χ4n) is 3.29. The van der Waals surface area contributed by atoms with Gasteiger partial charge >= 0.3 is 6.09 Å². The van der Waals surface area contributed by atoms with Crippen LogP contribution in [0.5, 0.6) is 0 Å². The molecule has 2 saturated heterocycles. The van der Waals surface area contributed by atoms with Gasteiger partial charge in [-0.05, 0) is 25.1 Å². The predicted octanol–water partition coefficient (Wildman–Crippen LogP) is 1.74. The van der Waals surface area contributed by atoms with Gasteiger partial charge in [0.2, 0.25) is 10.0 Å². The van der Waals surface area contributed by atoms with Gasteiger partial charge < -0.3 is 15.0 Å². The first-order valence-electron chi connectivity index (χ1n) is 9.02. The number of nitrogens with one attached hydrogen (secondary N) is 1. The van der Waals surface area contributed by atoms with E-state index in [9.17, 15) is 17.6 Å². The quantitative estimate of drug-likeness (QED) is 0.507. The van der Waals surface area contributed by atoms with Gasteiger partial charge in [-0.1, -0.05) is 12.2 Å². The highest BCUT2D eigenvalue weighted by atomic mass is 35.5. The topological polar surface area (TPSA) is 82.2 Å². The molecule has 2 fully saturated rings. The first-order chi connectivity index (χ1) is 13.7. The molecule has 0 aromatic heterocycles. The number of alkyl halides is 1. The molecule has 1 aromatic rings. The number of rotatable bonds is 6. The number of hydrogen-bond donors (Lipinski definition) is 1. The Kier molecular flexibility index (Phi) is 6.82. The molecule has 0 saturated carbocycles. The molecule has 1 N–H and O–H groups in total. The van der Waals surface area contributed by atoms with Crippen molar-refractivity contribution in [1.82, 2.24) is 9.62 Å². The summed E-state index contributed by atoms with van der Waals surface area (Å²) in [7, 11) is -3.47. The number of carbonyl (C=O) groups is 1. The van der Waals surface area contributed by atoms with Crippen LogP contribution in [-0.2, 0) is 14.8 Å². The van der Waals surface area contributed by atoms with Crippen LogP contribution in [0.2, 0.25) is 0 Å². The van der Waals surface area contributed by atoms with Crippen LogP contribution in [0, 0.1) is 5.82 Å². The van der Waals surface area contributed by atoms with Crippen molar-refractivity contribution < 1.29 is 22.3 Å². The second kappa shape index (κ2) is 8.99. The molecule has 2 heterocycles. The van der Waals surface area contributed by atoms with Crippen LogP contribution < -0.4 is 15.1 Å². The number of thiocarbonyl (C=S) groups is 1. The maximum absolute atomic E-state index is 14.8. The van der Waals surface area contributed by atoms with Crippen LogP contribution in [0.3, 0.4) is 0 Å². The van der Waals surface area contributed by atoms with E-state index in [1.807, 2.05) is 0 Å². The lowest BCUT2D eigenvalue weighted by atomic mass is 10.2. The Balaban J connectivity index is 1.65. The molecule has 2 aliphatic rings. The van der Waals surface area contributed by atoms with Crippen LogP contribution in [0.4, 0.5) is 20.6 Å². The van der Waals surface area contributed by atoms with Gasteiger partial charge in [0.1, 0.15) is 17.1 Å². The van der Waals surface area contributed by atoms with Crippen LogP contribution in [0.15, 0.2) is 18.2 Å². The molecule has 0 radical (unpaired) electrons. The average molecular weight is 465 g/mol. The van der Waals surface area contributed by atoms with E-state index in [2.05, 4.69) is 5.32 Å². The zero-order valence-corrected chi connectivity index (χ0v) is 18.2. The number of carbonyl (C=O) groups excluding carboxylic acids is 1. The van der Waals surface area contributed by atoms with Crippen molar-refractivity contribution in [2.24, 2.45) is 0 Å². The Morgan fingerprint density at radius 1 is 1.34 bits per heavy atom. The Hall–Kier alpha value is -1.69. The number of amides is 1. The minimum atomic E-state index is -3.47. The SMILES string of the molecule is CC(=S)NCC1CN(c2ccc(N3CCN(S(=O)(=O)CCl)CC3)c(F)c2)C(=O)O1. The lowest BCUT2D eigenvalue weighted by Crippen LogP contribution is -2.49. The van der Waals surface area contributed by atoms with Crippen molar-refractivity contribution in [1.29, 1.82) is 0 Å². The number of benzene rings is 1. The number of halogens is 2. The minimum absolute atomic E-state index is 0.239. The molecule has 3 rings (SSSR count). The zero-order chi connectivity index (χ0) is 21.2. The molecule has 1 unspecified atom stereocenters. The number of piperazine rings is 1. The molecule has 160 valence electrons. The Morgan fingerprint density at radius 2 is 2.03 bits per heavy atom. The van der Waals surface area contributed by atoms with Gasteiger partial charge in [-0.3, -0.25) is 4.90 Å². The number of nitrogens with zero attached hydrogens (tertiary/aromatic N) is 3. The van der Waals surface area contributed by atoms with E-state index >= 15 is 0 Å². The van der Waals surface area contributed by atoms with Gasteiger partial charge in [0, 0.05) is 26.2 Å². The number of sulfonamides is 1. The van der Waals surface area contributed by atoms with E-state index in [1.54, 1.807) is 24.0 Å². The average Bonchev–Trinajstić information content (AvgIpc) is 3.07. The Labute approximate surface area is 179 Å². The van der Waals surface area contributed by atoms with Gasteiger partial charge in [-0.15, -0.1) is 11.6 Å². The second-order valence-electron chi connectivity index (χ2n) is 6.80.